The molecule has 1 amide bonds. The number of aromatic hydroxyl groups is 1. The number of amides is 1. The number of hydrogen-bond acceptors (Lipinski definition) is 6. The van der Waals surface area contributed by atoms with Gasteiger partial charge in [-0.15, -0.1) is 0 Å². The summed E-state index contributed by atoms with van der Waals surface area (Å²) >= 11 is 0. The number of aromatic amines is 1. The standard InChI is InChI=1S/C23H22N6O2/c1-3-22(31)29-8-6-28(7-9-29)20-13-25-27-19-11-15(14(2)10-16(19)20)23-17-12-24-26-18(17)4-5-21(23)30/h3-5,10-13,30H,1,6-9H2,2H3,(H,24,26). The van der Waals surface area contributed by atoms with E-state index in [1.165, 1.54) is 6.08 Å². The predicted molar refractivity (Wildman–Crippen MR) is 120 cm³/mol. The van der Waals surface area contributed by atoms with E-state index in [9.17, 15) is 9.90 Å². The molecule has 5 rings (SSSR count). The zero-order valence-electron chi connectivity index (χ0n) is 17.2. The van der Waals surface area contributed by atoms with Gasteiger partial charge < -0.3 is 14.9 Å². The van der Waals surface area contributed by atoms with Crippen molar-refractivity contribution in [2.75, 3.05) is 31.1 Å². The Morgan fingerprint density at radius 2 is 1.97 bits per heavy atom. The van der Waals surface area contributed by atoms with E-state index < -0.39 is 0 Å². The first-order valence-electron chi connectivity index (χ1n) is 10.1. The normalized spacial score (nSPS) is 14.4. The lowest BCUT2D eigenvalue weighted by atomic mass is 9.95. The van der Waals surface area contributed by atoms with Gasteiger partial charge in [-0.25, -0.2) is 0 Å². The van der Waals surface area contributed by atoms with Gasteiger partial charge in [-0.2, -0.15) is 15.3 Å². The summed E-state index contributed by atoms with van der Waals surface area (Å²) in [5.74, 6) is 0.162. The molecule has 0 unspecified atom stereocenters. The monoisotopic (exact) mass is 414 g/mol. The Morgan fingerprint density at radius 3 is 2.74 bits per heavy atom. The summed E-state index contributed by atoms with van der Waals surface area (Å²) in [7, 11) is 0. The molecule has 3 heterocycles. The molecule has 1 aliphatic heterocycles. The maximum atomic E-state index is 11.9. The van der Waals surface area contributed by atoms with E-state index >= 15 is 0 Å². The molecule has 0 bridgehead atoms. The molecule has 1 saturated heterocycles. The molecule has 4 aromatic rings. The molecule has 2 N–H and O–H groups in total. The zero-order valence-corrected chi connectivity index (χ0v) is 17.2. The predicted octanol–water partition coefficient (Wildman–Crippen LogP) is 3.02. The van der Waals surface area contributed by atoms with E-state index in [2.05, 4.69) is 37.9 Å². The number of carbonyl (C=O) groups excluding carboxylic acids is 1. The molecule has 8 nitrogen and oxygen atoms in total. The van der Waals surface area contributed by atoms with E-state index in [0.29, 0.717) is 13.1 Å². The van der Waals surface area contributed by atoms with Crippen LogP contribution in [0.2, 0.25) is 0 Å². The first kappa shape index (κ1) is 19.0. The number of rotatable bonds is 3. The van der Waals surface area contributed by atoms with Crippen molar-refractivity contribution in [3.05, 3.63) is 54.9 Å². The summed E-state index contributed by atoms with van der Waals surface area (Å²) < 4.78 is 0. The highest BCUT2D eigenvalue weighted by atomic mass is 16.3. The van der Waals surface area contributed by atoms with Crippen molar-refractivity contribution in [2.24, 2.45) is 0 Å². The van der Waals surface area contributed by atoms with Crippen molar-refractivity contribution in [1.29, 1.82) is 0 Å². The molecular weight excluding hydrogens is 392 g/mol. The Kier molecular flexibility index (Phi) is 4.54. The third-order valence-electron chi connectivity index (χ3n) is 5.94. The fourth-order valence-electron chi connectivity index (χ4n) is 4.31. The maximum absolute atomic E-state index is 11.9. The van der Waals surface area contributed by atoms with Gasteiger partial charge in [0, 0.05) is 42.5 Å². The number of aromatic nitrogens is 4. The van der Waals surface area contributed by atoms with Crippen LogP contribution >= 0.6 is 0 Å². The van der Waals surface area contributed by atoms with Crippen LogP contribution in [0.3, 0.4) is 0 Å². The van der Waals surface area contributed by atoms with Crippen LogP contribution in [0.25, 0.3) is 32.9 Å². The summed E-state index contributed by atoms with van der Waals surface area (Å²) in [5.41, 5.74) is 5.25. The number of hydrogen-bond donors (Lipinski definition) is 2. The molecule has 1 aliphatic rings. The van der Waals surface area contributed by atoms with Crippen molar-refractivity contribution >= 4 is 33.4 Å². The molecule has 0 atom stereocenters. The Labute approximate surface area is 178 Å². The topological polar surface area (TPSA) is 98.2 Å². The van der Waals surface area contributed by atoms with Gasteiger partial charge in [0.25, 0.3) is 0 Å². The number of piperazine rings is 1. The number of aryl methyl sites for hydroxylation is 1. The van der Waals surface area contributed by atoms with Crippen LogP contribution in [0.5, 0.6) is 5.75 Å². The lowest BCUT2D eigenvalue weighted by Crippen LogP contribution is -2.48. The van der Waals surface area contributed by atoms with Crippen LogP contribution in [-0.4, -0.2) is 62.5 Å². The molecule has 0 aliphatic carbocycles. The Balaban J connectivity index is 1.57. The van der Waals surface area contributed by atoms with Crippen LogP contribution in [0.15, 0.2) is 49.3 Å². The maximum Gasteiger partial charge on any atom is 0.246 e. The van der Waals surface area contributed by atoms with Crippen molar-refractivity contribution in [3.8, 4) is 16.9 Å². The summed E-state index contributed by atoms with van der Waals surface area (Å²) in [4.78, 5) is 15.9. The van der Waals surface area contributed by atoms with Gasteiger partial charge in [0.05, 0.1) is 29.1 Å². The summed E-state index contributed by atoms with van der Waals surface area (Å²) in [6.45, 7) is 8.32. The van der Waals surface area contributed by atoms with E-state index in [4.69, 9.17) is 0 Å². The van der Waals surface area contributed by atoms with Crippen molar-refractivity contribution in [3.63, 3.8) is 0 Å². The summed E-state index contributed by atoms with van der Waals surface area (Å²) in [6.07, 6.45) is 4.86. The second-order valence-electron chi connectivity index (χ2n) is 7.72. The van der Waals surface area contributed by atoms with Crippen LogP contribution < -0.4 is 4.90 Å². The van der Waals surface area contributed by atoms with Crippen molar-refractivity contribution in [2.45, 2.75) is 6.92 Å². The molecule has 2 aromatic heterocycles. The van der Waals surface area contributed by atoms with Crippen molar-refractivity contribution in [1.82, 2.24) is 25.3 Å². The lowest BCUT2D eigenvalue weighted by Gasteiger charge is -2.35. The average Bonchev–Trinajstić information content (AvgIpc) is 3.27. The number of fused-ring (bicyclic) bond motifs is 2. The fourth-order valence-corrected chi connectivity index (χ4v) is 4.31. The lowest BCUT2D eigenvalue weighted by molar-refractivity contribution is -0.126. The number of carbonyl (C=O) groups is 1. The fraction of sp³-hybridized carbons (Fsp3) is 0.217. The van der Waals surface area contributed by atoms with Crippen LogP contribution in [0.4, 0.5) is 5.69 Å². The average molecular weight is 414 g/mol. The number of H-pyrrole nitrogens is 1. The van der Waals surface area contributed by atoms with E-state index in [1.54, 1.807) is 23.4 Å². The summed E-state index contributed by atoms with van der Waals surface area (Å²) in [6, 6.07) is 7.55. The van der Waals surface area contributed by atoms with Gasteiger partial charge in [-0.05, 0) is 48.4 Å². The highest BCUT2D eigenvalue weighted by Gasteiger charge is 2.22. The van der Waals surface area contributed by atoms with Crippen LogP contribution in [0, 0.1) is 6.92 Å². The quantitative estimate of drug-likeness (QED) is 0.500. The van der Waals surface area contributed by atoms with E-state index in [0.717, 1.165) is 57.3 Å². The van der Waals surface area contributed by atoms with E-state index in [-0.39, 0.29) is 11.7 Å². The number of nitrogens with zero attached hydrogens (tertiary/aromatic N) is 5. The largest absolute Gasteiger partial charge is 0.507 e. The van der Waals surface area contributed by atoms with Gasteiger partial charge in [0.1, 0.15) is 5.75 Å². The molecule has 8 heteroatoms. The first-order valence-corrected chi connectivity index (χ1v) is 10.1. The molecule has 156 valence electrons. The Hall–Kier alpha value is -3.94. The molecular formula is C23H22N6O2. The molecule has 31 heavy (non-hydrogen) atoms. The zero-order chi connectivity index (χ0) is 21.5. The van der Waals surface area contributed by atoms with Gasteiger partial charge in [-0.3, -0.25) is 9.89 Å². The van der Waals surface area contributed by atoms with Crippen LogP contribution in [0.1, 0.15) is 5.56 Å². The smallest absolute Gasteiger partial charge is 0.246 e. The third kappa shape index (κ3) is 3.16. The van der Waals surface area contributed by atoms with Crippen molar-refractivity contribution < 1.29 is 9.90 Å². The number of phenols is 1. The molecule has 2 aromatic carbocycles. The van der Waals surface area contributed by atoms with Gasteiger partial charge in [-0.1, -0.05) is 6.58 Å². The first-order chi connectivity index (χ1) is 15.1. The molecule has 0 radical (unpaired) electrons. The van der Waals surface area contributed by atoms with Gasteiger partial charge in [0.15, 0.2) is 0 Å². The van der Waals surface area contributed by atoms with Gasteiger partial charge in [0.2, 0.25) is 5.91 Å². The molecule has 0 spiro atoms. The third-order valence-corrected chi connectivity index (χ3v) is 5.94. The SMILES string of the molecule is C=CC(=O)N1CCN(c2cnnc3cc(-c4c(O)ccc5[nH]ncc45)c(C)cc23)CC1. The number of benzene rings is 2. The summed E-state index contributed by atoms with van der Waals surface area (Å²) in [5, 5.41) is 28.1. The highest BCUT2D eigenvalue weighted by Crippen LogP contribution is 2.39. The second kappa shape index (κ2) is 7.39. The number of anilines is 1. The highest BCUT2D eigenvalue weighted by molar-refractivity contribution is 6.02. The minimum atomic E-state index is -0.0360. The Morgan fingerprint density at radius 1 is 1.16 bits per heavy atom. The van der Waals surface area contributed by atoms with Crippen LogP contribution in [-0.2, 0) is 4.79 Å². The second-order valence-corrected chi connectivity index (χ2v) is 7.72. The number of phenolic OH excluding ortho intramolecular Hbond substituents is 1. The minimum Gasteiger partial charge on any atom is -0.507 e. The van der Waals surface area contributed by atoms with Gasteiger partial charge >= 0.3 is 0 Å². The minimum absolute atomic E-state index is 0.0360. The molecule has 0 saturated carbocycles. The number of nitrogens with one attached hydrogen (secondary N) is 1. The van der Waals surface area contributed by atoms with E-state index in [1.807, 2.05) is 19.1 Å². The molecule has 1 fully saturated rings. The Bertz CT molecular complexity index is 1320.